The maximum absolute atomic E-state index is 15.4. The number of pyridine rings is 2. The Hall–Kier alpha value is -7.76. The molecule has 0 radical (unpaired) electrons. The normalized spacial score (nSPS) is 17.4. The summed E-state index contributed by atoms with van der Waals surface area (Å²) in [7, 11) is 0. The molecule has 5 heterocycles. The molecule has 3 atom stereocenters. The van der Waals surface area contributed by atoms with Crippen LogP contribution in [0.3, 0.4) is 0 Å². The van der Waals surface area contributed by atoms with Crippen molar-refractivity contribution < 1.29 is 62.1 Å². The number of fused-ring (bicyclic) bond motifs is 5. The van der Waals surface area contributed by atoms with Crippen LogP contribution in [0.25, 0.3) is 22.3 Å². The summed E-state index contributed by atoms with van der Waals surface area (Å²) in [5.41, 5.74) is 3.76. The van der Waals surface area contributed by atoms with Crippen molar-refractivity contribution in [1.82, 2.24) is 46.4 Å². The first-order valence-corrected chi connectivity index (χ1v) is 25.0. The van der Waals surface area contributed by atoms with Gasteiger partial charge < -0.3 is 51.0 Å². The summed E-state index contributed by atoms with van der Waals surface area (Å²) in [5.74, 6) is -5.57. The zero-order chi connectivity index (χ0) is 53.6. The summed E-state index contributed by atoms with van der Waals surface area (Å²) in [4.78, 5) is 119. The SMILES string of the molecule is CC[C@@]1(O)C(=O)OCc2c1cc1n(c2=S)Cc2c-1nc1cc(F)c(C)c3c1c2[C@H](NC(=O)COCNC(=O)CNC(=O)[C@H](Cc1ccccc1)NC(=O)CNC(=O)CNC(=O)CCCCCN1C(=O)C=CC1=O)CC3. The van der Waals surface area contributed by atoms with E-state index >= 15 is 4.39 Å². The molecule has 1 aliphatic carbocycles. The number of carbonyl (C=O) groups is 9. The van der Waals surface area contributed by atoms with Crippen molar-refractivity contribution in [2.75, 3.05) is 39.5 Å². The highest BCUT2D eigenvalue weighted by Gasteiger charge is 2.45. The maximum atomic E-state index is 15.4. The van der Waals surface area contributed by atoms with Gasteiger partial charge in [0.2, 0.25) is 35.4 Å². The number of imide groups is 1. The molecular formula is C52H56FN9O12S. The van der Waals surface area contributed by atoms with E-state index < -0.39 is 97.9 Å². The summed E-state index contributed by atoms with van der Waals surface area (Å²) in [6, 6.07) is 10.1. The topological polar surface area (TPSA) is 286 Å². The van der Waals surface area contributed by atoms with Crippen LogP contribution < -0.4 is 31.9 Å². The molecule has 0 saturated heterocycles. The third-order valence-corrected chi connectivity index (χ3v) is 14.2. The average Bonchev–Trinajstić information content (AvgIpc) is 3.98. The van der Waals surface area contributed by atoms with Crippen LogP contribution in [0.2, 0.25) is 0 Å². The minimum atomic E-state index is -1.92. The number of cyclic esters (lactones) is 1. The molecule has 7 N–H and O–H groups in total. The number of amides is 8. The van der Waals surface area contributed by atoms with Gasteiger partial charge in [0.05, 0.1) is 49.1 Å². The number of hydrogen-bond donors (Lipinski definition) is 7. The number of unbranched alkanes of at least 4 members (excludes halogenated alkanes) is 2. The Balaban J connectivity index is 0.805. The third kappa shape index (κ3) is 11.8. The quantitative estimate of drug-likeness (QED) is 0.0171. The van der Waals surface area contributed by atoms with E-state index in [4.69, 9.17) is 26.7 Å². The molecule has 2 aromatic carbocycles. The Morgan fingerprint density at radius 2 is 1.60 bits per heavy atom. The largest absolute Gasteiger partial charge is 0.458 e. The third-order valence-electron chi connectivity index (χ3n) is 13.8. The number of aryl methyl sites for hydroxylation is 1. The number of hydrogen-bond acceptors (Lipinski definition) is 14. The van der Waals surface area contributed by atoms with Gasteiger partial charge in [-0.15, -0.1) is 0 Å². The van der Waals surface area contributed by atoms with Crippen LogP contribution >= 0.6 is 12.2 Å². The average molecular weight is 1050 g/mol. The Kier molecular flexibility index (Phi) is 16.6. The van der Waals surface area contributed by atoms with Crippen molar-refractivity contribution in [3.63, 3.8) is 0 Å². The molecule has 8 amide bonds. The minimum absolute atomic E-state index is 0.0423. The standard InChI is InChI=1S/C52H56FN9O12S/c1-3-52(72)33-19-38-48-31(24-62(38)50(75)32(33)25-74-51(52)71)47-35(14-13-30-28(2)34(53)20-36(60-48)46(30)47)58-43(67)26-73-27-57-41(65)22-56-49(70)37(18-29-10-6-4-7-11-29)59-42(66)23-55-40(64)21-54-39(63)12-8-5-9-17-61-44(68)15-16-45(61)69/h4,6-7,10-11,15-16,19-20,35,37,72H,3,5,8-9,12-14,17-18,21-27H2,1-2H3,(H,54,63)(H,55,64)(H,56,70)(H,57,65)(H,58,67)(H,59,66)/t35-,37+,52+/m1/s1. The number of carbonyl (C=O) groups excluding carboxylic acids is 9. The van der Waals surface area contributed by atoms with Crippen molar-refractivity contribution >= 4 is 76.3 Å². The van der Waals surface area contributed by atoms with Gasteiger partial charge in [0.25, 0.3) is 11.8 Å². The number of nitrogens with one attached hydrogen (secondary N) is 6. The summed E-state index contributed by atoms with van der Waals surface area (Å²) < 4.78 is 28.4. The summed E-state index contributed by atoms with van der Waals surface area (Å²) in [6.07, 6.45) is 5.03. The molecule has 394 valence electrons. The molecule has 3 aliphatic heterocycles. The predicted octanol–water partition coefficient (Wildman–Crippen LogP) is 1.65. The molecule has 4 aliphatic rings. The van der Waals surface area contributed by atoms with Gasteiger partial charge in [-0.2, -0.15) is 0 Å². The highest BCUT2D eigenvalue weighted by molar-refractivity contribution is 7.71. The van der Waals surface area contributed by atoms with E-state index in [0.29, 0.717) is 75.9 Å². The zero-order valence-electron chi connectivity index (χ0n) is 41.2. The van der Waals surface area contributed by atoms with E-state index in [0.717, 1.165) is 27.0 Å². The van der Waals surface area contributed by atoms with Gasteiger partial charge in [0.15, 0.2) is 5.60 Å². The second kappa shape index (κ2) is 23.2. The Morgan fingerprint density at radius 1 is 0.893 bits per heavy atom. The number of aliphatic hydroxyl groups is 1. The first-order valence-electron chi connectivity index (χ1n) is 24.6. The van der Waals surface area contributed by atoms with Crippen molar-refractivity contribution in [2.45, 2.75) is 96.1 Å². The molecule has 0 bridgehead atoms. The molecule has 0 saturated carbocycles. The molecule has 0 unspecified atom stereocenters. The van der Waals surface area contributed by atoms with Crippen molar-refractivity contribution in [3.8, 4) is 11.4 Å². The molecule has 0 spiro atoms. The monoisotopic (exact) mass is 1050 g/mol. The number of esters is 1. The van der Waals surface area contributed by atoms with E-state index in [9.17, 15) is 48.3 Å². The number of benzene rings is 2. The van der Waals surface area contributed by atoms with Crippen LogP contribution in [0.4, 0.5) is 4.39 Å². The fourth-order valence-electron chi connectivity index (χ4n) is 9.76. The van der Waals surface area contributed by atoms with Gasteiger partial charge in [-0.1, -0.05) is 55.9 Å². The van der Waals surface area contributed by atoms with Crippen LogP contribution in [-0.4, -0.2) is 118 Å². The first-order chi connectivity index (χ1) is 36.0. The number of ether oxygens (including phenoxy) is 2. The fourth-order valence-corrected chi connectivity index (χ4v) is 10.1. The fraction of sp³-hybridized carbons (Fsp3) is 0.404. The number of halogens is 1. The maximum Gasteiger partial charge on any atom is 0.343 e. The molecule has 75 heavy (non-hydrogen) atoms. The van der Waals surface area contributed by atoms with Crippen molar-refractivity contribution in [2.24, 2.45) is 0 Å². The van der Waals surface area contributed by atoms with Crippen LogP contribution in [0, 0.1) is 17.4 Å². The molecular weight excluding hydrogens is 994 g/mol. The lowest BCUT2D eigenvalue weighted by atomic mass is 9.81. The number of aromatic nitrogens is 2. The lowest BCUT2D eigenvalue weighted by Gasteiger charge is -2.32. The molecule has 8 rings (SSSR count). The van der Waals surface area contributed by atoms with Crippen molar-refractivity contribution in [3.05, 3.63) is 104 Å². The van der Waals surface area contributed by atoms with Gasteiger partial charge >= 0.3 is 5.97 Å². The van der Waals surface area contributed by atoms with Crippen LogP contribution in [0.5, 0.6) is 0 Å². The predicted molar refractivity (Wildman–Crippen MR) is 267 cm³/mol. The smallest absolute Gasteiger partial charge is 0.343 e. The highest BCUT2D eigenvalue weighted by Crippen LogP contribution is 2.47. The number of nitrogens with zero attached hydrogens (tertiary/aromatic N) is 3. The Labute approximate surface area is 434 Å². The van der Waals surface area contributed by atoms with Gasteiger partial charge in [0, 0.05) is 59.7 Å². The molecule has 4 aromatic rings. The van der Waals surface area contributed by atoms with Gasteiger partial charge in [0.1, 0.15) is 36.4 Å². The van der Waals surface area contributed by atoms with E-state index in [1.165, 1.54) is 18.2 Å². The lowest BCUT2D eigenvalue weighted by Crippen LogP contribution is -2.52. The van der Waals surface area contributed by atoms with E-state index in [-0.39, 0.29) is 50.8 Å². The van der Waals surface area contributed by atoms with Crippen LogP contribution in [0.15, 0.2) is 54.6 Å². The number of rotatable bonds is 22. The summed E-state index contributed by atoms with van der Waals surface area (Å²) >= 11 is 5.91. The van der Waals surface area contributed by atoms with Gasteiger partial charge in [-0.3, -0.25) is 43.3 Å². The van der Waals surface area contributed by atoms with Crippen LogP contribution in [-0.2, 0) is 84.2 Å². The molecule has 2 aromatic heterocycles. The van der Waals surface area contributed by atoms with E-state index in [1.54, 1.807) is 50.2 Å². The van der Waals surface area contributed by atoms with Gasteiger partial charge in [-0.05, 0) is 67.3 Å². The summed E-state index contributed by atoms with van der Waals surface area (Å²) in [6.45, 7) is 1.49. The second-order valence-corrected chi connectivity index (χ2v) is 19.0. The summed E-state index contributed by atoms with van der Waals surface area (Å²) in [5, 5.41) is 27.6. The Morgan fingerprint density at radius 3 is 2.35 bits per heavy atom. The zero-order valence-corrected chi connectivity index (χ0v) is 42.0. The highest BCUT2D eigenvalue weighted by atomic mass is 32.1. The minimum Gasteiger partial charge on any atom is -0.458 e. The molecule has 23 heteroatoms. The van der Waals surface area contributed by atoms with E-state index in [2.05, 4.69) is 31.9 Å². The van der Waals surface area contributed by atoms with Crippen molar-refractivity contribution in [1.29, 1.82) is 0 Å². The van der Waals surface area contributed by atoms with Gasteiger partial charge in [-0.25, -0.2) is 14.2 Å². The lowest BCUT2D eigenvalue weighted by molar-refractivity contribution is -0.172. The first kappa shape index (κ1) is 53.5. The van der Waals surface area contributed by atoms with Crippen LogP contribution in [0.1, 0.15) is 90.4 Å². The molecule has 0 fully saturated rings. The second-order valence-electron chi connectivity index (χ2n) is 18.6. The molecule has 21 nitrogen and oxygen atoms in total. The van der Waals surface area contributed by atoms with E-state index in [1.807, 2.05) is 4.57 Å². The Bertz CT molecular complexity index is 3090.